The average molecular weight is 490 g/mol. The third-order valence-electron chi connectivity index (χ3n) is 6.55. The van der Waals surface area contributed by atoms with Gasteiger partial charge in [0.15, 0.2) is 0 Å². The highest BCUT2D eigenvalue weighted by Gasteiger charge is 2.33. The van der Waals surface area contributed by atoms with E-state index in [2.05, 4.69) is 34.5 Å². The standard InChI is InChI=1S/C25H32ClN3O3S/c26-23-10-12-24(13-11-23)33(31,32)29-16-4-5-22(19-29)25(30)27-17-20-6-8-21(9-7-20)18-28-14-2-1-3-15-28/h6-13,22H,1-5,14-19H2,(H,27,30). The van der Waals surface area contributed by atoms with Crippen LogP contribution >= 0.6 is 11.6 Å². The van der Waals surface area contributed by atoms with Crippen molar-refractivity contribution in [2.24, 2.45) is 5.92 Å². The Bertz CT molecular complexity index is 1040. The predicted molar refractivity (Wildman–Crippen MR) is 130 cm³/mol. The van der Waals surface area contributed by atoms with Crippen molar-refractivity contribution < 1.29 is 13.2 Å². The summed E-state index contributed by atoms with van der Waals surface area (Å²) < 4.78 is 27.4. The van der Waals surface area contributed by atoms with Crippen LogP contribution in [0.3, 0.4) is 0 Å². The molecule has 0 spiro atoms. The molecule has 2 saturated heterocycles. The first-order valence-electron chi connectivity index (χ1n) is 11.8. The fourth-order valence-electron chi connectivity index (χ4n) is 4.60. The largest absolute Gasteiger partial charge is 0.352 e. The van der Waals surface area contributed by atoms with E-state index < -0.39 is 10.0 Å². The number of carbonyl (C=O) groups excluding carboxylic acids is 1. The van der Waals surface area contributed by atoms with Gasteiger partial charge in [0.2, 0.25) is 15.9 Å². The number of nitrogens with one attached hydrogen (secondary N) is 1. The number of hydrogen-bond donors (Lipinski definition) is 1. The molecule has 4 rings (SSSR count). The number of benzene rings is 2. The maximum atomic E-state index is 13.0. The molecule has 1 unspecified atom stereocenters. The van der Waals surface area contributed by atoms with E-state index in [0.29, 0.717) is 31.0 Å². The van der Waals surface area contributed by atoms with Crippen molar-refractivity contribution >= 4 is 27.5 Å². The van der Waals surface area contributed by atoms with Crippen molar-refractivity contribution in [3.8, 4) is 0 Å². The molecule has 0 aliphatic carbocycles. The van der Waals surface area contributed by atoms with Crippen LogP contribution in [0.4, 0.5) is 0 Å². The van der Waals surface area contributed by atoms with Gasteiger partial charge in [0.1, 0.15) is 0 Å². The van der Waals surface area contributed by atoms with E-state index >= 15 is 0 Å². The molecule has 1 atom stereocenters. The summed E-state index contributed by atoms with van der Waals surface area (Å²) in [6.45, 7) is 4.39. The van der Waals surface area contributed by atoms with Gasteiger partial charge in [-0.1, -0.05) is 42.3 Å². The number of sulfonamides is 1. The van der Waals surface area contributed by atoms with E-state index in [0.717, 1.165) is 12.1 Å². The second-order valence-electron chi connectivity index (χ2n) is 9.03. The van der Waals surface area contributed by atoms with Crippen LogP contribution in [0.5, 0.6) is 0 Å². The first-order valence-corrected chi connectivity index (χ1v) is 13.6. The van der Waals surface area contributed by atoms with Gasteiger partial charge in [0.25, 0.3) is 0 Å². The lowest BCUT2D eigenvalue weighted by Gasteiger charge is -2.31. The average Bonchev–Trinajstić information content (AvgIpc) is 2.84. The molecule has 2 aromatic rings. The van der Waals surface area contributed by atoms with Crippen molar-refractivity contribution in [2.45, 2.75) is 50.1 Å². The quantitative estimate of drug-likeness (QED) is 0.637. The van der Waals surface area contributed by atoms with Crippen LogP contribution in [0, 0.1) is 5.92 Å². The number of hydrogen-bond acceptors (Lipinski definition) is 4. The molecule has 2 fully saturated rings. The van der Waals surface area contributed by atoms with Crippen LogP contribution in [-0.4, -0.2) is 49.7 Å². The van der Waals surface area contributed by atoms with Gasteiger partial charge in [-0.2, -0.15) is 4.31 Å². The number of rotatable bonds is 7. The van der Waals surface area contributed by atoms with E-state index in [9.17, 15) is 13.2 Å². The summed E-state index contributed by atoms with van der Waals surface area (Å²) in [6.07, 6.45) is 5.25. The SMILES string of the molecule is O=C(NCc1ccc(CN2CCCCC2)cc1)C1CCCN(S(=O)(=O)c2ccc(Cl)cc2)C1. The summed E-state index contributed by atoms with van der Waals surface area (Å²) in [5, 5.41) is 3.49. The van der Waals surface area contributed by atoms with Crippen LogP contribution in [0.2, 0.25) is 5.02 Å². The maximum Gasteiger partial charge on any atom is 0.243 e. The van der Waals surface area contributed by atoms with Crippen molar-refractivity contribution in [2.75, 3.05) is 26.2 Å². The van der Waals surface area contributed by atoms with Gasteiger partial charge in [-0.3, -0.25) is 9.69 Å². The minimum absolute atomic E-state index is 0.0941. The van der Waals surface area contributed by atoms with Gasteiger partial charge >= 0.3 is 0 Å². The first-order chi connectivity index (χ1) is 15.9. The normalized spacial score (nSPS) is 20.5. The molecule has 2 aliphatic rings. The summed E-state index contributed by atoms with van der Waals surface area (Å²) in [4.78, 5) is 15.5. The summed E-state index contributed by atoms with van der Waals surface area (Å²) in [6, 6.07) is 14.6. The zero-order valence-electron chi connectivity index (χ0n) is 18.9. The zero-order chi connectivity index (χ0) is 23.3. The molecule has 0 bridgehead atoms. The van der Waals surface area contributed by atoms with Gasteiger partial charge in [-0.15, -0.1) is 0 Å². The molecule has 0 aromatic heterocycles. The smallest absolute Gasteiger partial charge is 0.243 e. The van der Waals surface area contributed by atoms with Gasteiger partial charge in [0.05, 0.1) is 10.8 Å². The molecular weight excluding hydrogens is 458 g/mol. The Morgan fingerprint density at radius 3 is 2.27 bits per heavy atom. The topological polar surface area (TPSA) is 69.7 Å². The number of halogens is 1. The number of nitrogens with zero attached hydrogens (tertiary/aromatic N) is 2. The van der Waals surface area contributed by atoms with Gasteiger partial charge < -0.3 is 5.32 Å². The summed E-state index contributed by atoms with van der Waals surface area (Å²) >= 11 is 5.89. The van der Waals surface area contributed by atoms with E-state index in [1.165, 1.54) is 54.4 Å². The molecule has 178 valence electrons. The Morgan fingerprint density at radius 1 is 0.909 bits per heavy atom. The summed E-state index contributed by atoms with van der Waals surface area (Å²) in [5.41, 5.74) is 2.34. The minimum Gasteiger partial charge on any atom is -0.352 e. The lowest BCUT2D eigenvalue weighted by Crippen LogP contribution is -2.45. The highest BCUT2D eigenvalue weighted by atomic mass is 35.5. The van der Waals surface area contributed by atoms with E-state index in [1.807, 2.05) is 0 Å². The Kier molecular flexibility index (Phi) is 8.07. The van der Waals surface area contributed by atoms with Gasteiger partial charge in [0, 0.05) is 31.2 Å². The Labute approximate surface area is 202 Å². The number of amides is 1. The Hall–Kier alpha value is -1.93. The van der Waals surface area contributed by atoms with Gasteiger partial charge in [-0.05, 0) is 74.2 Å². The van der Waals surface area contributed by atoms with Crippen LogP contribution in [0.25, 0.3) is 0 Å². The maximum absolute atomic E-state index is 13.0. The monoisotopic (exact) mass is 489 g/mol. The molecule has 6 nitrogen and oxygen atoms in total. The number of piperidine rings is 2. The van der Waals surface area contributed by atoms with E-state index in [1.54, 1.807) is 12.1 Å². The minimum atomic E-state index is -3.64. The van der Waals surface area contributed by atoms with Crippen molar-refractivity contribution in [1.82, 2.24) is 14.5 Å². The third-order valence-corrected chi connectivity index (χ3v) is 8.68. The number of carbonyl (C=O) groups is 1. The Morgan fingerprint density at radius 2 is 1.58 bits per heavy atom. The second-order valence-corrected chi connectivity index (χ2v) is 11.4. The predicted octanol–water partition coefficient (Wildman–Crippen LogP) is 4.04. The summed E-state index contributed by atoms with van der Waals surface area (Å²) in [5.74, 6) is -0.442. The van der Waals surface area contributed by atoms with Crippen LogP contribution < -0.4 is 5.32 Å². The third kappa shape index (κ3) is 6.35. The molecule has 1 N–H and O–H groups in total. The van der Waals surface area contributed by atoms with Crippen molar-refractivity contribution in [3.63, 3.8) is 0 Å². The molecule has 0 radical (unpaired) electrons. The molecule has 2 heterocycles. The van der Waals surface area contributed by atoms with Crippen LogP contribution in [0.15, 0.2) is 53.4 Å². The zero-order valence-corrected chi connectivity index (χ0v) is 20.5. The summed E-state index contributed by atoms with van der Waals surface area (Å²) in [7, 11) is -3.64. The fraction of sp³-hybridized carbons (Fsp3) is 0.480. The molecule has 2 aliphatic heterocycles. The van der Waals surface area contributed by atoms with Crippen molar-refractivity contribution in [1.29, 1.82) is 0 Å². The van der Waals surface area contributed by atoms with E-state index in [-0.39, 0.29) is 23.3 Å². The van der Waals surface area contributed by atoms with Crippen LogP contribution in [-0.2, 0) is 27.9 Å². The highest BCUT2D eigenvalue weighted by Crippen LogP contribution is 2.25. The molecule has 8 heteroatoms. The molecule has 0 saturated carbocycles. The second kappa shape index (κ2) is 11.0. The van der Waals surface area contributed by atoms with Crippen molar-refractivity contribution in [3.05, 3.63) is 64.7 Å². The fourth-order valence-corrected chi connectivity index (χ4v) is 6.25. The molecule has 33 heavy (non-hydrogen) atoms. The van der Waals surface area contributed by atoms with E-state index in [4.69, 9.17) is 11.6 Å². The lowest BCUT2D eigenvalue weighted by molar-refractivity contribution is -0.126. The lowest BCUT2D eigenvalue weighted by atomic mass is 9.98. The molecule has 2 aromatic carbocycles. The van der Waals surface area contributed by atoms with Gasteiger partial charge in [-0.25, -0.2) is 8.42 Å². The molecular formula is C25H32ClN3O3S. The van der Waals surface area contributed by atoms with Crippen LogP contribution in [0.1, 0.15) is 43.2 Å². The highest BCUT2D eigenvalue weighted by molar-refractivity contribution is 7.89. The first kappa shape index (κ1) is 24.2. The number of likely N-dealkylation sites (tertiary alicyclic amines) is 1. The molecule has 1 amide bonds. The Balaban J connectivity index is 1.29.